The standard InChI is InChI=1S/C56H60N12O4.Zn/c1-65-21-13-33(14-22-65)69-37-5-9-41-45(29-37)53-57-49(41)62-54-47-31-39(71-35-17-25-67(3)26-18-35)7-11-43(47)51(59-54)64-56-48-32-40(72-36-19-27-68(4)28-20-36)8-12-44(48)52(60-56)63-55-46-30-38(6-10-42(46)50(58-55)61-53)70-34-15-23-66(2)24-16-34;/h5-12,29-36H,13-28H2,1-4H3;/q-2;+2. The van der Waals surface area contributed by atoms with Crippen molar-refractivity contribution in [2.45, 2.75) is 75.8 Å². The largest absolute Gasteiger partial charge is 2.00 e. The number of aromatic nitrogens is 8. The zero-order valence-corrected chi connectivity index (χ0v) is 45.2. The van der Waals surface area contributed by atoms with Crippen LogP contribution in [0, 0.1) is 0 Å². The molecule has 0 saturated carbocycles. The summed E-state index contributed by atoms with van der Waals surface area (Å²) in [6, 6.07) is 24.4. The van der Waals surface area contributed by atoms with Crippen molar-refractivity contribution in [2.24, 2.45) is 0 Å². The Morgan fingerprint density at radius 3 is 1.03 bits per heavy atom. The van der Waals surface area contributed by atoms with E-state index in [2.05, 4.69) is 47.8 Å². The molecular weight excluding hydrogens is 970 g/mol. The van der Waals surface area contributed by atoms with Gasteiger partial charge in [-0.1, -0.05) is 0 Å². The van der Waals surface area contributed by atoms with E-state index in [1.54, 1.807) is 0 Å². The van der Waals surface area contributed by atoms with Crippen LogP contribution in [0.2, 0.25) is 0 Å². The topological polar surface area (TPSA) is 155 Å². The van der Waals surface area contributed by atoms with E-state index < -0.39 is 0 Å². The number of nitrogens with zero attached hydrogens (tertiary/aromatic N) is 12. The first-order chi connectivity index (χ1) is 35.2. The predicted octanol–water partition coefficient (Wildman–Crippen LogP) is 8.02. The van der Waals surface area contributed by atoms with Crippen LogP contribution < -0.4 is 28.9 Å². The third-order valence-corrected chi connectivity index (χ3v) is 15.5. The first-order valence-electron chi connectivity index (χ1n) is 25.9. The van der Waals surface area contributed by atoms with Crippen molar-refractivity contribution in [1.29, 1.82) is 0 Å². The summed E-state index contributed by atoms with van der Waals surface area (Å²) in [6.07, 6.45) is 8.12. The third-order valence-electron chi connectivity index (χ3n) is 15.5. The molecule has 8 bridgehead atoms. The average Bonchev–Trinajstić information content (AvgIpc) is 4.12. The minimum absolute atomic E-state index is 0. The second-order valence-corrected chi connectivity index (χ2v) is 20.8. The molecule has 370 valence electrons. The molecule has 16 nitrogen and oxygen atoms in total. The molecule has 0 radical (unpaired) electrons. The maximum absolute atomic E-state index is 6.66. The monoisotopic (exact) mass is 1030 g/mol. The molecule has 6 aliphatic heterocycles. The zero-order valence-electron chi connectivity index (χ0n) is 42.3. The molecule has 4 aromatic carbocycles. The maximum atomic E-state index is 6.66. The van der Waals surface area contributed by atoms with Gasteiger partial charge in [0.15, 0.2) is 11.6 Å². The summed E-state index contributed by atoms with van der Waals surface area (Å²) in [5, 5.41) is 3.25. The van der Waals surface area contributed by atoms with Gasteiger partial charge in [0.1, 0.15) is 47.4 Å². The van der Waals surface area contributed by atoms with E-state index in [9.17, 15) is 0 Å². The Morgan fingerprint density at radius 2 is 0.630 bits per heavy atom. The number of benzene rings is 4. The Bertz CT molecular complexity index is 3370. The quantitative estimate of drug-likeness (QED) is 0.135. The van der Waals surface area contributed by atoms with Crippen molar-refractivity contribution in [3.8, 4) is 68.5 Å². The van der Waals surface area contributed by atoms with Gasteiger partial charge in [-0.2, -0.15) is 0 Å². The SMILES string of the molecule is CN1CCC(Oc2ccc3c(c2)-c2nc4nc(nc5[n-]c(nc6[n-]c(nc-3n2)c2cc(OC3CCN(C)CC3)ccc62)c2cc(OC3CCN(C)CC3)ccc52)-c2cc(OC3CCN(C)CC3)ccc2-4)CC1.[Zn+2]. The third kappa shape index (κ3) is 9.78. The molecule has 6 aliphatic rings. The van der Waals surface area contributed by atoms with Gasteiger partial charge in [-0.05, 0) is 174 Å². The van der Waals surface area contributed by atoms with E-state index in [0.717, 1.165) is 171 Å². The van der Waals surface area contributed by atoms with Crippen LogP contribution in [0.5, 0.6) is 23.0 Å². The van der Waals surface area contributed by atoms with Crippen LogP contribution in [0.3, 0.4) is 0 Å². The number of hydrogen-bond donors (Lipinski definition) is 0. The molecule has 3 aromatic heterocycles. The Kier molecular flexibility index (Phi) is 13.1. The average molecular weight is 1030 g/mol. The smallest absolute Gasteiger partial charge is 0.490 e. The molecule has 0 amide bonds. The van der Waals surface area contributed by atoms with Gasteiger partial charge >= 0.3 is 19.5 Å². The molecule has 7 aromatic rings. The molecule has 4 fully saturated rings. The second-order valence-electron chi connectivity index (χ2n) is 20.8. The van der Waals surface area contributed by atoms with Crippen LogP contribution in [0.25, 0.3) is 89.7 Å². The molecule has 73 heavy (non-hydrogen) atoms. The number of rotatable bonds is 8. The molecule has 13 rings (SSSR count). The van der Waals surface area contributed by atoms with Gasteiger partial charge in [0.25, 0.3) is 0 Å². The Labute approximate surface area is 437 Å². The summed E-state index contributed by atoms with van der Waals surface area (Å²) >= 11 is 0. The van der Waals surface area contributed by atoms with Crippen LogP contribution in [0.15, 0.2) is 72.8 Å². The fourth-order valence-corrected chi connectivity index (χ4v) is 11.1. The van der Waals surface area contributed by atoms with E-state index >= 15 is 0 Å². The van der Waals surface area contributed by atoms with Gasteiger partial charge in [-0.3, -0.25) is 0 Å². The molecule has 9 heterocycles. The summed E-state index contributed by atoms with van der Waals surface area (Å²) in [6.45, 7) is 7.95. The Morgan fingerprint density at radius 1 is 0.342 bits per heavy atom. The van der Waals surface area contributed by atoms with E-state index in [1.165, 1.54) is 0 Å². The number of ether oxygens (including phenoxy) is 4. The van der Waals surface area contributed by atoms with E-state index in [1.807, 2.05) is 72.8 Å². The van der Waals surface area contributed by atoms with Gasteiger partial charge in [0, 0.05) is 97.2 Å². The molecular formula is C56H60N12O4Zn. The number of likely N-dealkylation sites (tertiary alicyclic amines) is 4. The summed E-state index contributed by atoms with van der Waals surface area (Å²) in [5.74, 6) is 4.99. The minimum atomic E-state index is 0. The first-order valence-corrected chi connectivity index (χ1v) is 25.9. The van der Waals surface area contributed by atoms with Crippen molar-refractivity contribution in [1.82, 2.24) is 59.5 Å². The second kappa shape index (κ2) is 20.0. The predicted molar refractivity (Wildman–Crippen MR) is 279 cm³/mol. The molecule has 0 unspecified atom stereocenters. The molecule has 0 aliphatic carbocycles. The first kappa shape index (κ1) is 47.9. The zero-order chi connectivity index (χ0) is 48.5. The van der Waals surface area contributed by atoms with Crippen molar-refractivity contribution in [3.63, 3.8) is 0 Å². The molecule has 4 saturated heterocycles. The van der Waals surface area contributed by atoms with Crippen LogP contribution in [0.1, 0.15) is 51.4 Å². The number of hydrogen-bond acceptors (Lipinski definition) is 14. The van der Waals surface area contributed by atoms with E-state index in [4.69, 9.17) is 58.8 Å². The summed E-state index contributed by atoms with van der Waals surface area (Å²) in [5.41, 5.74) is 5.18. The van der Waals surface area contributed by atoms with Gasteiger partial charge in [0.05, 0.1) is 11.6 Å². The Hall–Kier alpha value is -6.10. The number of piperidine rings is 4. The van der Waals surface area contributed by atoms with E-state index in [0.29, 0.717) is 45.9 Å². The molecule has 0 atom stereocenters. The van der Waals surface area contributed by atoms with E-state index in [-0.39, 0.29) is 43.9 Å². The van der Waals surface area contributed by atoms with Gasteiger partial charge in [-0.15, -0.1) is 0 Å². The van der Waals surface area contributed by atoms with Gasteiger partial charge < -0.3 is 63.5 Å². The van der Waals surface area contributed by atoms with Crippen molar-refractivity contribution in [2.75, 3.05) is 80.5 Å². The summed E-state index contributed by atoms with van der Waals surface area (Å²) in [7, 11) is 8.64. The van der Waals surface area contributed by atoms with Crippen molar-refractivity contribution < 1.29 is 38.4 Å². The van der Waals surface area contributed by atoms with Crippen LogP contribution >= 0.6 is 0 Å². The molecule has 0 spiro atoms. The fourth-order valence-electron chi connectivity index (χ4n) is 11.1. The Balaban J connectivity index is 0.00000543. The fraction of sp³-hybridized carbons (Fsp3) is 0.429. The molecule has 0 N–H and O–H groups in total. The summed E-state index contributed by atoms with van der Waals surface area (Å²) < 4.78 is 26.6. The van der Waals surface area contributed by atoms with Crippen LogP contribution in [0.4, 0.5) is 0 Å². The van der Waals surface area contributed by atoms with Crippen molar-refractivity contribution in [3.05, 3.63) is 72.8 Å². The summed E-state index contributed by atoms with van der Waals surface area (Å²) in [4.78, 5) is 51.4. The van der Waals surface area contributed by atoms with Gasteiger partial charge in [-0.25, -0.2) is 15.0 Å². The van der Waals surface area contributed by atoms with Crippen molar-refractivity contribution >= 4 is 44.1 Å². The normalized spacial score (nSPS) is 18.9. The maximum Gasteiger partial charge on any atom is 2.00 e. The van der Waals surface area contributed by atoms with Crippen LogP contribution in [-0.2, 0) is 19.5 Å². The minimum Gasteiger partial charge on any atom is -0.490 e. The van der Waals surface area contributed by atoms with Gasteiger partial charge in [0.2, 0.25) is 0 Å². The number of fused-ring (bicyclic) bond motifs is 20. The van der Waals surface area contributed by atoms with Crippen LogP contribution in [-0.4, -0.2) is 154 Å². The molecule has 17 heteroatoms.